The van der Waals surface area contributed by atoms with Gasteiger partial charge in [-0.3, -0.25) is 0 Å². The van der Waals surface area contributed by atoms with Gasteiger partial charge >= 0.3 is 0 Å². The Labute approximate surface area is 112 Å². The van der Waals surface area contributed by atoms with Crippen LogP contribution in [0.1, 0.15) is 20.3 Å². The molecule has 2 N–H and O–H groups in total. The van der Waals surface area contributed by atoms with Crippen LogP contribution in [0.25, 0.3) is 0 Å². The summed E-state index contributed by atoms with van der Waals surface area (Å²) in [6.45, 7) is 3.20. The second-order valence-electron chi connectivity index (χ2n) is 4.40. The molecule has 0 heterocycles. The molecule has 19 heavy (non-hydrogen) atoms. The first-order chi connectivity index (χ1) is 8.76. The van der Waals surface area contributed by atoms with Gasteiger partial charge in [0.2, 0.25) is 10.0 Å². The number of hydrogen-bond donors (Lipinski definition) is 2. The summed E-state index contributed by atoms with van der Waals surface area (Å²) in [7, 11) is -2.51. The van der Waals surface area contributed by atoms with E-state index in [-0.39, 0.29) is 17.1 Å². The minimum atomic E-state index is -3.81. The Bertz CT molecular complexity index is 531. The van der Waals surface area contributed by atoms with Crippen LogP contribution in [0.15, 0.2) is 23.1 Å². The lowest BCUT2D eigenvalue weighted by Gasteiger charge is -2.15. The van der Waals surface area contributed by atoms with Crippen molar-refractivity contribution >= 4 is 10.0 Å². The average Bonchev–Trinajstić information content (AvgIpc) is 2.26. The second kappa shape index (κ2) is 6.31. The highest BCUT2D eigenvalue weighted by atomic mass is 32.2. The highest BCUT2D eigenvalue weighted by Crippen LogP contribution is 2.20. The van der Waals surface area contributed by atoms with Crippen LogP contribution in [0.3, 0.4) is 0 Å². The Morgan fingerprint density at radius 2 is 2.05 bits per heavy atom. The topological polar surface area (TPSA) is 75.6 Å². The Balaban J connectivity index is 2.91. The Kier molecular flexibility index (Phi) is 5.28. The van der Waals surface area contributed by atoms with Gasteiger partial charge in [-0.2, -0.15) is 0 Å². The van der Waals surface area contributed by atoms with E-state index in [0.29, 0.717) is 0 Å². The van der Waals surface area contributed by atoms with Crippen molar-refractivity contribution in [1.29, 1.82) is 0 Å². The molecule has 0 amide bonds. The highest BCUT2D eigenvalue weighted by molar-refractivity contribution is 7.89. The van der Waals surface area contributed by atoms with E-state index in [2.05, 4.69) is 4.72 Å². The number of benzene rings is 1. The van der Waals surface area contributed by atoms with Gasteiger partial charge in [0.05, 0.1) is 18.1 Å². The number of ether oxygens (including phenoxy) is 1. The van der Waals surface area contributed by atoms with Gasteiger partial charge in [0.1, 0.15) is 0 Å². The molecule has 0 fully saturated rings. The lowest BCUT2D eigenvalue weighted by atomic mass is 10.2. The van der Waals surface area contributed by atoms with Crippen molar-refractivity contribution in [3.8, 4) is 5.75 Å². The molecular formula is C12H18FNO4S. The molecule has 0 bridgehead atoms. The molecule has 0 saturated heterocycles. The van der Waals surface area contributed by atoms with Gasteiger partial charge in [-0.15, -0.1) is 0 Å². The molecular weight excluding hydrogens is 273 g/mol. The first kappa shape index (κ1) is 15.9. The van der Waals surface area contributed by atoms with Gasteiger partial charge in [0.15, 0.2) is 11.6 Å². The quantitative estimate of drug-likeness (QED) is 0.827. The number of hydrogen-bond acceptors (Lipinski definition) is 4. The lowest BCUT2D eigenvalue weighted by molar-refractivity contribution is 0.175. The van der Waals surface area contributed by atoms with Crippen molar-refractivity contribution in [3.63, 3.8) is 0 Å². The van der Waals surface area contributed by atoms with Gasteiger partial charge in [-0.1, -0.05) is 0 Å². The number of nitrogens with one attached hydrogen (secondary N) is 1. The third kappa shape index (κ3) is 4.45. The van der Waals surface area contributed by atoms with E-state index >= 15 is 0 Å². The lowest BCUT2D eigenvalue weighted by Crippen LogP contribution is -2.34. The number of rotatable bonds is 6. The maximum Gasteiger partial charge on any atom is 0.240 e. The molecule has 0 radical (unpaired) electrons. The maximum atomic E-state index is 13.5. The maximum absolute atomic E-state index is 13.5. The summed E-state index contributed by atoms with van der Waals surface area (Å²) in [6.07, 6.45) is -0.344. The predicted molar refractivity (Wildman–Crippen MR) is 69.0 cm³/mol. The van der Waals surface area contributed by atoms with Crippen molar-refractivity contribution in [1.82, 2.24) is 4.72 Å². The van der Waals surface area contributed by atoms with Crippen LogP contribution in [0.5, 0.6) is 5.75 Å². The summed E-state index contributed by atoms with van der Waals surface area (Å²) in [5, 5.41) is 9.19. The van der Waals surface area contributed by atoms with Gasteiger partial charge in [-0.05, 0) is 38.5 Å². The molecule has 1 rings (SSSR count). The molecule has 2 atom stereocenters. The molecule has 5 nitrogen and oxygen atoms in total. The van der Waals surface area contributed by atoms with Crippen LogP contribution in [-0.2, 0) is 10.0 Å². The predicted octanol–water partition coefficient (Wildman–Crippen LogP) is 1.27. The number of methoxy groups -OCH3 is 1. The van der Waals surface area contributed by atoms with E-state index in [1.807, 2.05) is 0 Å². The Morgan fingerprint density at radius 3 is 2.53 bits per heavy atom. The van der Waals surface area contributed by atoms with Crippen LogP contribution in [0.2, 0.25) is 0 Å². The van der Waals surface area contributed by atoms with Gasteiger partial charge in [-0.25, -0.2) is 17.5 Å². The Morgan fingerprint density at radius 1 is 1.42 bits per heavy atom. The van der Waals surface area contributed by atoms with E-state index in [1.165, 1.54) is 19.2 Å². The number of sulfonamides is 1. The molecule has 1 aromatic carbocycles. The molecule has 0 spiro atoms. The highest BCUT2D eigenvalue weighted by Gasteiger charge is 2.19. The molecule has 2 unspecified atom stereocenters. The molecule has 0 aliphatic carbocycles. The van der Waals surface area contributed by atoms with Gasteiger partial charge in [0, 0.05) is 6.04 Å². The minimum Gasteiger partial charge on any atom is -0.494 e. The normalized spacial score (nSPS) is 15.0. The standard InChI is InChI=1S/C12H18FNO4S/c1-8(6-9(2)15)14-19(16,17)10-4-5-12(18-3)11(13)7-10/h4-5,7-9,14-15H,6H2,1-3H3. The fourth-order valence-electron chi connectivity index (χ4n) is 1.71. The number of halogens is 1. The molecule has 1 aromatic rings. The van der Waals surface area contributed by atoms with Crippen LogP contribution in [-0.4, -0.2) is 32.8 Å². The van der Waals surface area contributed by atoms with E-state index < -0.39 is 28.0 Å². The van der Waals surface area contributed by atoms with E-state index in [0.717, 1.165) is 6.07 Å². The summed E-state index contributed by atoms with van der Waals surface area (Å²) < 4.78 is 44.5. The first-order valence-electron chi connectivity index (χ1n) is 5.80. The molecule has 0 aliphatic heterocycles. The monoisotopic (exact) mass is 291 g/mol. The summed E-state index contributed by atoms with van der Waals surface area (Å²) in [5.74, 6) is -0.760. The third-order valence-electron chi connectivity index (χ3n) is 2.48. The van der Waals surface area contributed by atoms with Crippen molar-refractivity contribution < 1.29 is 22.7 Å². The zero-order chi connectivity index (χ0) is 14.6. The molecule has 0 aliphatic rings. The minimum absolute atomic E-state index is 0.0176. The van der Waals surface area contributed by atoms with Gasteiger partial charge < -0.3 is 9.84 Å². The largest absolute Gasteiger partial charge is 0.494 e. The van der Waals surface area contributed by atoms with Crippen LogP contribution in [0.4, 0.5) is 4.39 Å². The zero-order valence-electron chi connectivity index (χ0n) is 11.1. The van der Waals surface area contributed by atoms with Crippen molar-refractivity contribution in [2.24, 2.45) is 0 Å². The smallest absolute Gasteiger partial charge is 0.240 e. The summed E-state index contributed by atoms with van der Waals surface area (Å²) in [6, 6.07) is 2.97. The number of aliphatic hydroxyl groups excluding tert-OH is 1. The first-order valence-corrected chi connectivity index (χ1v) is 7.28. The average molecular weight is 291 g/mol. The SMILES string of the molecule is COc1ccc(S(=O)(=O)NC(C)CC(C)O)cc1F. The summed E-state index contributed by atoms with van der Waals surface area (Å²) in [5.41, 5.74) is 0. The molecule has 0 saturated carbocycles. The van der Waals surface area contributed by atoms with Crippen molar-refractivity contribution in [3.05, 3.63) is 24.0 Å². The summed E-state index contributed by atoms with van der Waals surface area (Å²) in [4.78, 5) is -0.178. The van der Waals surface area contributed by atoms with Crippen molar-refractivity contribution in [2.45, 2.75) is 37.3 Å². The molecule has 0 aromatic heterocycles. The fraction of sp³-hybridized carbons (Fsp3) is 0.500. The van der Waals surface area contributed by atoms with Crippen LogP contribution < -0.4 is 9.46 Å². The van der Waals surface area contributed by atoms with Crippen LogP contribution in [0, 0.1) is 5.82 Å². The Hall–Kier alpha value is -1.18. The van der Waals surface area contributed by atoms with Crippen molar-refractivity contribution in [2.75, 3.05) is 7.11 Å². The van der Waals surface area contributed by atoms with Gasteiger partial charge in [0.25, 0.3) is 0 Å². The number of aliphatic hydroxyl groups is 1. The van der Waals surface area contributed by atoms with Crippen LogP contribution >= 0.6 is 0 Å². The molecule has 7 heteroatoms. The fourth-order valence-corrected chi connectivity index (χ4v) is 2.97. The molecule has 108 valence electrons. The van der Waals surface area contributed by atoms with E-state index in [1.54, 1.807) is 13.8 Å². The second-order valence-corrected chi connectivity index (χ2v) is 6.12. The third-order valence-corrected chi connectivity index (χ3v) is 4.07. The van der Waals surface area contributed by atoms with E-state index in [4.69, 9.17) is 4.74 Å². The zero-order valence-corrected chi connectivity index (χ0v) is 11.9. The summed E-state index contributed by atoms with van der Waals surface area (Å²) >= 11 is 0. The van der Waals surface area contributed by atoms with E-state index in [9.17, 15) is 17.9 Å².